The second-order valence-electron chi connectivity index (χ2n) is 4.35. The van der Waals surface area contributed by atoms with Crippen molar-refractivity contribution >= 4 is 0 Å². The highest BCUT2D eigenvalue weighted by molar-refractivity contribution is 5.64. The van der Waals surface area contributed by atoms with E-state index in [2.05, 4.69) is 11.7 Å². The predicted octanol–water partition coefficient (Wildman–Crippen LogP) is 4.75. The van der Waals surface area contributed by atoms with Gasteiger partial charge in [-0.15, -0.1) is 0 Å². The molecule has 0 aliphatic heterocycles. The molecule has 0 unspecified atom stereocenters. The van der Waals surface area contributed by atoms with E-state index in [-0.39, 0.29) is 5.75 Å². The van der Waals surface area contributed by atoms with Crippen LogP contribution in [-0.4, -0.2) is 6.86 Å². The fourth-order valence-electron chi connectivity index (χ4n) is 2.01. The van der Waals surface area contributed by atoms with Crippen LogP contribution in [0.4, 0.5) is 8.78 Å². The topological polar surface area (TPSA) is 9.23 Å². The van der Waals surface area contributed by atoms with Gasteiger partial charge in [0.15, 0.2) is 11.6 Å². The van der Waals surface area contributed by atoms with Crippen LogP contribution >= 0.6 is 0 Å². The number of aryl methyl sites for hydroxylation is 1. The molecule has 3 heteroatoms. The Morgan fingerprint density at radius 2 is 1.68 bits per heavy atom. The molecule has 0 fully saturated rings. The zero-order chi connectivity index (χ0) is 13.7. The molecule has 19 heavy (non-hydrogen) atoms. The van der Waals surface area contributed by atoms with Gasteiger partial charge in [-0.1, -0.05) is 43.7 Å². The lowest BCUT2D eigenvalue weighted by Gasteiger charge is -2.07. The van der Waals surface area contributed by atoms with E-state index in [9.17, 15) is 8.78 Å². The molecule has 0 aliphatic carbocycles. The molecule has 0 saturated carbocycles. The first-order valence-electron chi connectivity index (χ1n) is 6.32. The van der Waals surface area contributed by atoms with Gasteiger partial charge in [0, 0.05) is 0 Å². The maximum Gasteiger partial charge on any atom is 0.228 e. The van der Waals surface area contributed by atoms with E-state index in [1.165, 1.54) is 17.7 Å². The lowest BCUT2D eigenvalue weighted by molar-refractivity contribution is 0.184. The molecule has 0 radical (unpaired) electrons. The standard InChI is InChI=1S/C16H16F2O/c1-2-3-12-4-6-13(7-5-12)14-8-9-16(19-11-17)15(18)10-14/h4-10H,2-3,11H2,1H3. The molecule has 0 atom stereocenters. The van der Waals surface area contributed by atoms with Crippen molar-refractivity contribution in [3.8, 4) is 16.9 Å². The van der Waals surface area contributed by atoms with E-state index < -0.39 is 12.7 Å². The second kappa shape index (κ2) is 6.32. The van der Waals surface area contributed by atoms with Gasteiger partial charge >= 0.3 is 0 Å². The maximum absolute atomic E-state index is 13.6. The zero-order valence-electron chi connectivity index (χ0n) is 10.8. The van der Waals surface area contributed by atoms with Gasteiger partial charge in [-0.3, -0.25) is 0 Å². The smallest absolute Gasteiger partial charge is 0.228 e. The Morgan fingerprint density at radius 3 is 2.26 bits per heavy atom. The van der Waals surface area contributed by atoms with Crippen molar-refractivity contribution in [1.82, 2.24) is 0 Å². The summed E-state index contributed by atoms with van der Waals surface area (Å²) in [7, 11) is 0. The highest BCUT2D eigenvalue weighted by Gasteiger charge is 2.06. The van der Waals surface area contributed by atoms with Crippen molar-refractivity contribution in [3.63, 3.8) is 0 Å². The molecule has 2 aromatic rings. The summed E-state index contributed by atoms with van der Waals surface area (Å²) in [6.45, 7) is 1.11. The third kappa shape index (κ3) is 3.31. The van der Waals surface area contributed by atoms with E-state index in [4.69, 9.17) is 0 Å². The quantitative estimate of drug-likeness (QED) is 0.755. The Kier molecular flexibility index (Phi) is 4.50. The molecule has 0 N–H and O–H groups in total. The van der Waals surface area contributed by atoms with Crippen molar-refractivity contribution in [1.29, 1.82) is 0 Å². The SMILES string of the molecule is CCCc1ccc(-c2ccc(OCF)c(F)c2)cc1. The first-order valence-corrected chi connectivity index (χ1v) is 6.32. The first kappa shape index (κ1) is 13.5. The van der Waals surface area contributed by atoms with Gasteiger partial charge in [-0.05, 0) is 35.2 Å². The molecular weight excluding hydrogens is 246 g/mol. The van der Waals surface area contributed by atoms with Gasteiger partial charge in [0.25, 0.3) is 0 Å². The van der Waals surface area contributed by atoms with Crippen LogP contribution in [-0.2, 0) is 6.42 Å². The van der Waals surface area contributed by atoms with E-state index in [0.29, 0.717) is 0 Å². The van der Waals surface area contributed by atoms with E-state index >= 15 is 0 Å². The van der Waals surface area contributed by atoms with E-state index in [1.54, 1.807) is 6.07 Å². The highest BCUT2D eigenvalue weighted by Crippen LogP contribution is 2.26. The highest BCUT2D eigenvalue weighted by atomic mass is 19.1. The van der Waals surface area contributed by atoms with Gasteiger partial charge < -0.3 is 4.74 Å². The number of alkyl halides is 1. The molecule has 0 bridgehead atoms. The van der Waals surface area contributed by atoms with Crippen LogP contribution in [0, 0.1) is 5.82 Å². The van der Waals surface area contributed by atoms with Crippen molar-refractivity contribution in [2.24, 2.45) is 0 Å². The van der Waals surface area contributed by atoms with Crippen molar-refractivity contribution < 1.29 is 13.5 Å². The minimum Gasteiger partial charge on any atom is -0.460 e. The van der Waals surface area contributed by atoms with Gasteiger partial charge in [0.2, 0.25) is 6.86 Å². The molecule has 100 valence electrons. The summed E-state index contributed by atoms with van der Waals surface area (Å²) < 4.78 is 30.2. The Hall–Kier alpha value is -1.90. The maximum atomic E-state index is 13.6. The number of hydrogen-bond donors (Lipinski definition) is 0. The van der Waals surface area contributed by atoms with Crippen LogP contribution < -0.4 is 4.74 Å². The fraction of sp³-hybridized carbons (Fsp3) is 0.250. The number of rotatable bonds is 5. The minimum absolute atomic E-state index is 0.0612. The largest absolute Gasteiger partial charge is 0.460 e. The van der Waals surface area contributed by atoms with Crippen LogP contribution in [0.3, 0.4) is 0 Å². The summed E-state index contributed by atoms with van der Waals surface area (Å²) in [6.07, 6.45) is 2.14. The Labute approximate surface area is 111 Å². The summed E-state index contributed by atoms with van der Waals surface area (Å²) in [5, 5.41) is 0. The normalized spacial score (nSPS) is 10.5. The zero-order valence-corrected chi connectivity index (χ0v) is 10.8. The summed E-state index contributed by atoms with van der Waals surface area (Å²) in [5.41, 5.74) is 2.96. The van der Waals surface area contributed by atoms with Gasteiger partial charge in [-0.2, -0.15) is 0 Å². The van der Waals surface area contributed by atoms with Crippen molar-refractivity contribution in [2.45, 2.75) is 19.8 Å². The van der Waals surface area contributed by atoms with Crippen LogP contribution in [0.25, 0.3) is 11.1 Å². The van der Waals surface area contributed by atoms with E-state index in [0.717, 1.165) is 24.0 Å². The second-order valence-corrected chi connectivity index (χ2v) is 4.35. The Balaban J connectivity index is 2.24. The van der Waals surface area contributed by atoms with Crippen molar-refractivity contribution in [2.75, 3.05) is 6.86 Å². The molecule has 0 amide bonds. The van der Waals surface area contributed by atoms with Gasteiger partial charge in [0.05, 0.1) is 0 Å². The third-order valence-electron chi connectivity index (χ3n) is 2.97. The summed E-state index contributed by atoms with van der Waals surface area (Å²) >= 11 is 0. The number of ether oxygens (including phenoxy) is 1. The van der Waals surface area contributed by atoms with Crippen molar-refractivity contribution in [3.05, 3.63) is 53.8 Å². The van der Waals surface area contributed by atoms with Crippen LogP contribution in [0.15, 0.2) is 42.5 Å². The predicted molar refractivity (Wildman–Crippen MR) is 72.4 cm³/mol. The molecule has 2 rings (SSSR count). The lowest BCUT2D eigenvalue weighted by atomic mass is 10.0. The molecule has 2 aromatic carbocycles. The van der Waals surface area contributed by atoms with Gasteiger partial charge in [-0.25, -0.2) is 8.78 Å². The number of hydrogen-bond acceptors (Lipinski definition) is 1. The molecule has 0 aliphatic rings. The monoisotopic (exact) mass is 262 g/mol. The Morgan fingerprint density at radius 1 is 1.00 bits per heavy atom. The molecule has 1 nitrogen and oxygen atoms in total. The molecular formula is C16H16F2O. The third-order valence-corrected chi connectivity index (χ3v) is 2.97. The molecule has 0 heterocycles. The molecule has 0 saturated heterocycles. The van der Waals surface area contributed by atoms with E-state index in [1.807, 2.05) is 24.3 Å². The van der Waals surface area contributed by atoms with Crippen LogP contribution in [0.2, 0.25) is 0 Å². The Bertz CT molecular complexity index is 535. The summed E-state index contributed by atoms with van der Waals surface area (Å²) in [6, 6.07) is 12.6. The van der Waals surface area contributed by atoms with Crippen LogP contribution in [0.1, 0.15) is 18.9 Å². The molecule has 0 spiro atoms. The summed E-state index contributed by atoms with van der Waals surface area (Å²) in [5.74, 6) is -0.610. The van der Waals surface area contributed by atoms with Crippen LogP contribution in [0.5, 0.6) is 5.75 Å². The number of halogens is 2. The van der Waals surface area contributed by atoms with Gasteiger partial charge in [0.1, 0.15) is 0 Å². The average molecular weight is 262 g/mol. The number of benzene rings is 2. The minimum atomic E-state index is -1.03. The first-order chi connectivity index (χ1) is 9.24. The summed E-state index contributed by atoms with van der Waals surface area (Å²) in [4.78, 5) is 0. The average Bonchev–Trinajstić information content (AvgIpc) is 2.43. The lowest BCUT2D eigenvalue weighted by Crippen LogP contribution is -1.93. The fourth-order valence-corrected chi connectivity index (χ4v) is 2.01. The molecule has 0 aromatic heterocycles.